The molecule has 0 saturated carbocycles. The number of benzene rings is 6. The Morgan fingerprint density at radius 3 is 0.644 bits per heavy atom. The van der Waals surface area contributed by atoms with Crippen LogP contribution in [0.2, 0.25) is 0 Å². The topological polar surface area (TPSA) is 44.8 Å². The number of hydrogen-bond donors (Lipinski definition) is 0. The maximum absolute atomic E-state index is 20.5. The molecule has 0 radical (unpaired) electrons. The maximum atomic E-state index is 20.5. The van der Waals surface area contributed by atoms with Crippen molar-refractivity contribution in [2.24, 2.45) is 0 Å². The largest absolute Gasteiger partial charge is 0.478 e. The molecule has 6 rings (SSSR count). The van der Waals surface area contributed by atoms with Crippen LogP contribution in [0.5, 0.6) is 0 Å². The van der Waals surface area contributed by atoms with E-state index in [1.165, 1.54) is 19.3 Å². The lowest BCUT2D eigenvalue weighted by atomic mass is 9.69. The first-order chi connectivity index (χ1) is 47.2. The van der Waals surface area contributed by atoms with Gasteiger partial charge in [0.25, 0.3) is 0 Å². The highest BCUT2D eigenvalue weighted by Crippen LogP contribution is 2.70. The Balaban J connectivity index is 2.12. The molecule has 0 amide bonds. The number of rotatable bonds is 39. The summed E-state index contributed by atoms with van der Waals surface area (Å²) in [5, 5.41) is 0. The Bertz CT molecular complexity index is 3380. The van der Waals surface area contributed by atoms with Crippen molar-refractivity contribution < 1.29 is 18.1 Å². The van der Waals surface area contributed by atoms with Crippen LogP contribution in [0.25, 0.3) is 0 Å². The standard InChI is InChI=1S/C96H141O4P/c1-28-34-37-40-43-46-61-94(76-55-49-70(7)64-82(76)88(13,14)15,79-58-52-73(10)67-85(79)91(22,23)31-4)98-101(97,99-95(62-47-44-41-38-35-29-2,77-56-50-71(8)65-83(77)89(16,17)18)80-59-53-74(11)68-86(80)92(24,25)32-5)100-96(63-48-45-42-39-36-30-3,78-57-51-72(9)66-84(78)90(19,20)21)81-60-54-75(12)69-87(81)93(26,27)33-6/h31-33,49-60,64-69H,4-6,28-30,34-48,61-63H2,1-3,7-27H3. The zero-order valence-electron chi connectivity index (χ0n) is 68.7. The van der Waals surface area contributed by atoms with Crippen molar-refractivity contribution in [1.82, 2.24) is 0 Å². The van der Waals surface area contributed by atoms with E-state index in [2.05, 4.69) is 313 Å². The van der Waals surface area contributed by atoms with Gasteiger partial charge in [0.1, 0.15) is 16.8 Å². The van der Waals surface area contributed by atoms with Gasteiger partial charge in [-0.1, -0.05) is 382 Å². The highest BCUT2D eigenvalue weighted by Gasteiger charge is 2.58. The molecular formula is C96H141O4P. The lowest BCUT2D eigenvalue weighted by molar-refractivity contribution is -0.0533. The van der Waals surface area contributed by atoms with E-state index in [0.29, 0.717) is 19.3 Å². The van der Waals surface area contributed by atoms with Crippen LogP contribution in [-0.2, 0) is 67.4 Å². The number of phosphoric acid groups is 1. The zero-order valence-corrected chi connectivity index (χ0v) is 69.6. The Morgan fingerprint density at radius 1 is 0.277 bits per heavy atom. The molecule has 0 aliphatic rings. The molecule has 0 aliphatic heterocycles. The van der Waals surface area contributed by atoms with E-state index in [9.17, 15) is 0 Å². The fourth-order valence-electron chi connectivity index (χ4n) is 15.6. The summed E-state index contributed by atoms with van der Waals surface area (Å²) >= 11 is 0. The van der Waals surface area contributed by atoms with Crippen LogP contribution >= 0.6 is 7.82 Å². The fourth-order valence-corrected chi connectivity index (χ4v) is 17.7. The van der Waals surface area contributed by atoms with E-state index in [1.807, 2.05) is 0 Å². The quantitative estimate of drug-likeness (QED) is 0.0219. The average Bonchev–Trinajstić information content (AvgIpc) is 0.712. The molecule has 3 atom stereocenters. The first-order valence-corrected chi connectivity index (χ1v) is 41.0. The summed E-state index contributed by atoms with van der Waals surface area (Å²) in [6.07, 6.45) is 26.4. The smallest absolute Gasteiger partial charge is 0.270 e. The second kappa shape index (κ2) is 35.2. The van der Waals surface area contributed by atoms with Crippen LogP contribution in [0.15, 0.2) is 147 Å². The lowest BCUT2D eigenvalue weighted by Crippen LogP contribution is -2.42. The average molecular weight is 1390 g/mol. The fraction of sp³-hybridized carbons (Fsp3) is 0.562. The summed E-state index contributed by atoms with van der Waals surface area (Å²) in [6, 6.07) is 41.5. The van der Waals surface area contributed by atoms with Crippen molar-refractivity contribution in [2.45, 2.75) is 350 Å². The molecule has 6 aromatic rings. The second-order valence-electron chi connectivity index (χ2n) is 35.6. The third kappa shape index (κ3) is 20.6. The summed E-state index contributed by atoms with van der Waals surface area (Å²) < 4.78 is 47.5. The molecule has 0 aliphatic carbocycles. The highest BCUT2D eigenvalue weighted by molar-refractivity contribution is 7.48. The van der Waals surface area contributed by atoms with Crippen LogP contribution in [0, 0.1) is 41.5 Å². The van der Waals surface area contributed by atoms with Crippen molar-refractivity contribution in [2.75, 3.05) is 0 Å². The molecule has 0 spiro atoms. The van der Waals surface area contributed by atoms with Crippen LogP contribution in [0.3, 0.4) is 0 Å². The Kier molecular flexibility index (Phi) is 29.4. The van der Waals surface area contributed by atoms with Gasteiger partial charge in [0, 0.05) is 16.2 Å². The summed E-state index contributed by atoms with van der Waals surface area (Å²) in [6.45, 7) is 68.4. The molecule has 0 N–H and O–H groups in total. The number of hydrogen-bond acceptors (Lipinski definition) is 4. The molecule has 4 nitrogen and oxygen atoms in total. The van der Waals surface area contributed by atoms with Gasteiger partial charge in [-0.3, -0.25) is 13.6 Å². The first-order valence-electron chi connectivity index (χ1n) is 39.5. The van der Waals surface area contributed by atoms with Gasteiger partial charge in [0.15, 0.2) is 0 Å². The van der Waals surface area contributed by atoms with E-state index in [-0.39, 0.29) is 0 Å². The van der Waals surface area contributed by atoms with E-state index in [0.717, 1.165) is 196 Å². The lowest BCUT2D eigenvalue weighted by Gasteiger charge is -2.49. The SMILES string of the molecule is C=CC(C)(C)c1cc(C)ccc1C(CCCCCCCC)(OP(=O)(OC(CCCCCCCC)(c1ccc(C)cc1C(C)(C)C)c1ccc(C)cc1C(C)(C)C=C)OC(CCCCCCCC)(c1ccc(C)cc1C(C)(C)C)c1ccc(C)cc1C(C)(C)C=C)c1ccc(C)cc1C(C)(C)C. The molecule has 0 heterocycles. The zero-order chi connectivity index (χ0) is 75.2. The van der Waals surface area contributed by atoms with Crippen molar-refractivity contribution in [3.63, 3.8) is 0 Å². The van der Waals surface area contributed by atoms with Crippen molar-refractivity contribution in [3.05, 3.63) is 247 Å². The summed E-state index contributed by atoms with van der Waals surface area (Å²) in [5.41, 5.74) is 11.6. The van der Waals surface area contributed by atoms with Gasteiger partial charge in [-0.15, -0.1) is 19.7 Å². The molecule has 101 heavy (non-hydrogen) atoms. The van der Waals surface area contributed by atoms with E-state index in [1.54, 1.807) is 0 Å². The third-order valence-electron chi connectivity index (χ3n) is 22.1. The minimum absolute atomic E-state index is 0.419. The van der Waals surface area contributed by atoms with Gasteiger partial charge >= 0.3 is 7.82 Å². The predicted molar refractivity (Wildman–Crippen MR) is 440 cm³/mol. The van der Waals surface area contributed by atoms with Crippen molar-refractivity contribution in [3.8, 4) is 0 Å². The van der Waals surface area contributed by atoms with E-state index >= 15 is 4.57 Å². The molecule has 0 aromatic heterocycles. The minimum Gasteiger partial charge on any atom is -0.270 e. The van der Waals surface area contributed by atoms with Crippen LogP contribution in [0.1, 0.15) is 360 Å². The Morgan fingerprint density at radius 2 is 0.455 bits per heavy atom. The number of allylic oxidation sites excluding steroid dienone is 3. The molecule has 554 valence electrons. The molecule has 0 saturated heterocycles. The third-order valence-corrected chi connectivity index (χ3v) is 23.8. The van der Waals surface area contributed by atoms with Crippen LogP contribution in [-0.4, -0.2) is 0 Å². The summed E-state index contributed by atoms with van der Waals surface area (Å²) in [5.74, 6) is 0. The second-order valence-corrected chi connectivity index (χ2v) is 37.0. The van der Waals surface area contributed by atoms with E-state index in [4.69, 9.17) is 13.6 Å². The maximum Gasteiger partial charge on any atom is 0.478 e. The highest BCUT2D eigenvalue weighted by atomic mass is 31.2. The number of aryl methyl sites for hydroxylation is 6. The monoisotopic (exact) mass is 1390 g/mol. The van der Waals surface area contributed by atoms with Crippen LogP contribution < -0.4 is 0 Å². The van der Waals surface area contributed by atoms with Crippen molar-refractivity contribution >= 4 is 7.82 Å². The number of unbranched alkanes of at least 4 members (excludes halogenated alkanes) is 15. The summed E-state index contributed by atoms with van der Waals surface area (Å²) in [7, 11) is -5.38. The van der Waals surface area contributed by atoms with Gasteiger partial charge in [0.2, 0.25) is 0 Å². The molecule has 0 fully saturated rings. The normalized spacial score (nSPS) is 15.2. The first kappa shape index (κ1) is 84.6. The Hall–Kier alpha value is -5.35. The number of phosphoric ester groups is 1. The summed E-state index contributed by atoms with van der Waals surface area (Å²) in [4.78, 5) is 0. The Labute approximate surface area is 619 Å². The van der Waals surface area contributed by atoms with E-state index < -0.39 is 57.1 Å². The minimum atomic E-state index is -5.38. The van der Waals surface area contributed by atoms with Gasteiger partial charge in [-0.05, 0) is 163 Å². The molecule has 5 heteroatoms. The van der Waals surface area contributed by atoms with Crippen molar-refractivity contribution in [1.29, 1.82) is 0 Å². The molecule has 3 unspecified atom stereocenters. The van der Waals surface area contributed by atoms with Gasteiger partial charge < -0.3 is 0 Å². The molecule has 0 bridgehead atoms. The molecular weight excluding hydrogens is 1250 g/mol. The van der Waals surface area contributed by atoms with Crippen LogP contribution in [0.4, 0.5) is 0 Å². The van der Waals surface area contributed by atoms with Gasteiger partial charge in [-0.2, -0.15) is 0 Å². The predicted octanol–water partition coefficient (Wildman–Crippen LogP) is 29.4. The molecule has 6 aromatic carbocycles. The van der Waals surface area contributed by atoms with Gasteiger partial charge in [0.05, 0.1) is 0 Å². The van der Waals surface area contributed by atoms with Gasteiger partial charge in [-0.25, -0.2) is 4.57 Å².